The summed E-state index contributed by atoms with van der Waals surface area (Å²) in [6.07, 6.45) is 1.43. The number of sulfone groups is 1. The highest BCUT2D eigenvalue weighted by Crippen LogP contribution is 2.20. The number of hydrogen-bond acceptors (Lipinski definition) is 5. The maximum Gasteiger partial charge on any atom is 0.335 e. The molecule has 1 saturated heterocycles. The van der Waals surface area contributed by atoms with Crippen molar-refractivity contribution in [3.05, 3.63) is 23.9 Å². The summed E-state index contributed by atoms with van der Waals surface area (Å²) in [6.45, 7) is 2.14. The molecule has 0 aromatic carbocycles. The fraction of sp³-hybridized carbons (Fsp3) is 0.455. The van der Waals surface area contributed by atoms with Crippen molar-refractivity contribution >= 4 is 21.6 Å². The number of carbonyl (C=O) groups is 1. The Morgan fingerprint density at radius 1 is 1.56 bits per heavy atom. The molecule has 1 aromatic heterocycles. The lowest BCUT2D eigenvalue weighted by Gasteiger charge is -2.34. The first-order chi connectivity index (χ1) is 8.39. The maximum atomic E-state index is 11.5. The van der Waals surface area contributed by atoms with Gasteiger partial charge in [-0.2, -0.15) is 0 Å². The van der Waals surface area contributed by atoms with Gasteiger partial charge in [-0.25, -0.2) is 18.2 Å². The second kappa shape index (κ2) is 4.56. The molecule has 0 aliphatic carbocycles. The molecule has 1 N–H and O–H groups in total. The Labute approximate surface area is 105 Å². The minimum atomic E-state index is -2.99. The number of nitrogens with zero attached hydrogens (tertiary/aromatic N) is 2. The Kier molecular flexibility index (Phi) is 3.25. The Bertz CT molecular complexity index is 570. The lowest BCUT2D eigenvalue weighted by Crippen LogP contribution is -2.47. The van der Waals surface area contributed by atoms with E-state index in [4.69, 9.17) is 5.11 Å². The van der Waals surface area contributed by atoms with E-state index < -0.39 is 15.8 Å². The van der Waals surface area contributed by atoms with Gasteiger partial charge in [-0.1, -0.05) is 0 Å². The number of carboxylic acids is 1. The molecule has 1 fully saturated rings. The van der Waals surface area contributed by atoms with Crippen molar-refractivity contribution in [2.75, 3.05) is 23.0 Å². The van der Waals surface area contributed by atoms with E-state index in [0.29, 0.717) is 12.4 Å². The van der Waals surface area contributed by atoms with Crippen molar-refractivity contribution in [2.45, 2.75) is 13.0 Å². The molecule has 0 saturated carbocycles. The SMILES string of the molecule is CC1CS(=O)(=O)CCN1c1cc(C(=O)O)ccn1. The molecule has 0 spiro atoms. The average Bonchev–Trinajstić information content (AvgIpc) is 2.28. The van der Waals surface area contributed by atoms with E-state index in [1.54, 1.807) is 6.92 Å². The zero-order valence-electron chi connectivity index (χ0n) is 9.91. The highest BCUT2D eigenvalue weighted by molar-refractivity contribution is 7.91. The van der Waals surface area contributed by atoms with Crippen LogP contribution in [0, 0.1) is 0 Å². The zero-order valence-corrected chi connectivity index (χ0v) is 10.7. The standard InChI is InChI=1S/C11H14N2O4S/c1-8-7-18(16,17)5-4-13(8)10-6-9(11(14)15)2-3-12-10/h2-3,6,8H,4-5,7H2,1H3,(H,14,15). The molecule has 0 amide bonds. The largest absolute Gasteiger partial charge is 0.478 e. The summed E-state index contributed by atoms with van der Waals surface area (Å²) in [4.78, 5) is 16.8. The predicted molar refractivity (Wildman–Crippen MR) is 66.7 cm³/mol. The Hall–Kier alpha value is -1.63. The van der Waals surface area contributed by atoms with E-state index in [2.05, 4.69) is 4.98 Å². The van der Waals surface area contributed by atoms with Crippen LogP contribution in [-0.2, 0) is 9.84 Å². The van der Waals surface area contributed by atoms with Crippen LogP contribution in [0.2, 0.25) is 0 Å². The van der Waals surface area contributed by atoms with Crippen LogP contribution in [0.15, 0.2) is 18.3 Å². The molecule has 6 nitrogen and oxygen atoms in total. The van der Waals surface area contributed by atoms with Crippen LogP contribution in [0.5, 0.6) is 0 Å². The highest BCUT2D eigenvalue weighted by atomic mass is 32.2. The van der Waals surface area contributed by atoms with Crippen molar-refractivity contribution < 1.29 is 18.3 Å². The first-order valence-corrected chi connectivity index (χ1v) is 7.37. The second-order valence-electron chi connectivity index (χ2n) is 4.36. The monoisotopic (exact) mass is 270 g/mol. The summed E-state index contributed by atoms with van der Waals surface area (Å²) < 4.78 is 22.9. The lowest BCUT2D eigenvalue weighted by molar-refractivity contribution is 0.0696. The van der Waals surface area contributed by atoms with E-state index in [1.807, 2.05) is 4.90 Å². The van der Waals surface area contributed by atoms with Crippen LogP contribution in [0.4, 0.5) is 5.82 Å². The topological polar surface area (TPSA) is 87.6 Å². The molecule has 7 heteroatoms. The number of anilines is 1. The fourth-order valence-electron chi connectivity index (χ4n) is 2.05. The molecule has 0 radical (unpaired) electrons. The minimum absolute atomic E-state index is 0.0754. The normalized spacial score (nSPS) is 22.7. The number of aromatic nitrogens is 1. The van der Waals surface area contributed by atoms with Crippen LogP contribution < -0.4 is 4.90 Å². The van der Waals surface area contributed by atoms with Gasteiger partial charge in [0.2, 0.25) is 0 Å². The number of hydrogen-bond donors (Lipinski definition) is 1. The number of pyridine rings is 1. The van der Waals surface area contributed by atoms with Crippen LogP contribution in [0.3, 0.4) is 0 Å². The summed E-state index contributed by atoms with van der Waals surface area (Å²) in [5, 5.41) is 8.91. The van der Waals surface area contributed by atoms with Gasteiger partial charge >= 0.3 is 5.97 Å². The molecule has 18 heavy (non-hydrogen) atoms. The van der Waals surface area contributed by atoms with E-state index in [9.17, 15) is 13.2 Å². The molecule has 98 valence electrons. The predicted octanol–water partition coefficient (Wildman–Crippen LogP) is 0.403. The van der Waals surface area contributed by atoms with Gasteiger partial charge in [0.15, 0.2) is 9.84 Å². The van der Waals surface area contributed by atoms with Gasteiger partial charge in [0.1, 0.15) is 5.82 Å². The van der Waals surface area contributed by atoms with E-state index in [-0.39, 0.29) is 23.1 Å². The summed E-state index contributed by atoms with van der Waals surface area (Å²) in [7, 11) is -2.99. The third-order valence-corrected chi connectivity index (χ3v) is 4.75. The second-order valence-corrected chi connectivity index (χ2v) is 6.59. The molecule has 1 aliphatic heterocycles. The van der Waals surface area contributed by atoms with Crippen molar-refractivity contribution in [3.8, 4) is 0 Å². The minimum Gasteiger partial charge on any atom is -0.478 e. The van der Waals surface area contributed by atoms with Gasteiger partial charge in [-0.05, 0) is 19.1 Å². The molecule has 0 bridgehead atoms. The van der Waals surface area contributed by atoms with Crippen LogP contribution in [0.25, 0.3) is 0 Å². The third kappa shape index (κ3) is 2.61. The fourth-order valence-corrected chi connectivity index (χ4v) is 3.60. The molecule has 2 rings (SSSR count). The van der Waals surface area contributed by atoms with Crippen molar-refractivity contribution in [1.29, 1.82) is 0 Å². The molecule has 1 aliphatic rings. The summed E-state index contributed by atoms with van der Waals surface area (Å²) >= 11 is 0. The van der Waals surface area contributed by atoms with Gasteiger partial charge in [0, 0.05) is 18.8 Å². The quantitative estimate of drug-likeness (QED) is 0.837. The van der Waals surface area contributed by atoms with Gasteiger partial charge in [0.25, 0.3) is 0 Å². The zero-order chi connectivity index (χ0) is 13.3. The first-order valence-electron chi connectivity index (χ1n) is 5.55. The van der Waals surface area contributed by atoms with E-state index in [1.165, 1.54) is 18.3 Å². The maximum absolute atomic E-state index is 11.5. The summed E-state index contributed by atoms with van der Waals surface area (Å²) in [5.41, 5.74) is 0.153. The molecular weight excluding hydrogens is 256 g/mol. The molecule has 1 aromatic rings. The highest BCUT2D eigenvalue weighted by Gasteiger charge is 2.29. The Balaban J connectivity index is 2.27. The number of carboxylic acid groups (broad SMARTS) is 1. The molecule has 1 atom stereocenters. The summed E-state index contributed by atoms with van der Waals surface area (Å²) in [6, 6.07) is 2.69. The van der Waals surface area contributed by atoms with Crippen LogP contribution in [-0.4, -0.2) is 48.6 Å². The Morgan fingerprint density at radius 3 is 2.89 bits per heavy atom. The smallest absolute Gasteiger partial charge is 0.335 e. The Morgan fingerprint density at radius 2 is 2.28 bits per heavy atom. The molecular formula is C11H14N2O4S. The van der Waals surface area contributed by atoms with Gasteiger partial charge in [-0.15, -0.1) is 0 Å². The third-order valence-electron chi connectivity index (χ3n) is 2.96. The van der Waals surface area contributed by atoms with E-state index >= 15 is 0 Å². The number of aromatic carboxylic acids is 1. The van der Waals surface area contributed by atoms with E-state index in [0.717, 1.165) is 0 Å². The van der Waals surface area contributed by atoms with Gasteiger partial charge in [-0.3, -0.25) is 0 Å². The number of rotatable bonds is 2. The first kappa shape index (κ1) is 12.8. The van der Waals surface area contributed by atoms with Crippen molar-refractivity contribution in [3.63, 3.8) is 0 Å². The lowest BCUT2D eigenvalue weighted by atomic mass is 10.2. The van der Waals surface area contributed by atoms with Crippen LogP contribution in [0.1, 0.15) is 17.3 Å². The summed E-state index contributed by atoms with van der Waals surface area (Å²) in [5.74, 6) is -0.351. The molecule has 1 unspecified atom stereocenters. The van der Waals surface area contributed by atoms with Crippen molar-refractivity contribution in [2.24, 2.45) is 0 Å². The average molecular weight is 270 g/mol. The van der Waals surface area contributed by atoms with Crippen LogP contribution >= 0.6 is 0 Å². The van der Waals surface area contributed by atoms with Gasteiger partial charge in [0.05, 0.1) is 17.1 Å². The molecule has 2 heterocycles. The van der Waals surface area contributed by atoms with Gasteiger partial charge < -0.3 is 10.0 Å². The van der Waals surface area contributed by atoms with Crippen molar-refractivity contribution in [1.82, 2.24) is 4.98 Å².